The van der Waals surface area contributed by atoms with E-state index in [4.69, 9.17) is 5.73 Å². The molecule has 0 saturated heterocycles. The van der Waals surface area contributed by atoms with Crippen LogP contribution in [0.4, 0.5) is 0 Å². The summed E-state index contributed by atoms with van der Waals surface area (Å²) in [4.78, 5) is 11.9. The van der Waals surface area contributed by atoms with Crippen molar-refractivity contribution in [1.29, 1.82) is 0 Å². The van der Waals surface area contributed by atoms with Crippen molar-refractivity contribution in [2.45, 2.75) is 12.8 Å². The first kappa shape index (κ1) is 10.9. The van der Waals surface area contributed by atoms with E-state index >= 15 is 0 Å². The second-order valence-corrected chi connectivity index (χ2v) is 4.59. The van der Waals surface area contributed by atoms with E-state index in [2.05, 4.69) is 35.7 Å². The highest BCUT2D eigenvalue weighted by Crippen LogP contribution is 2.24. The minimum atomic E-state index is -0.248. The van der Waals surface area contributed by atoms with Gasteiger partial charge in [0.2, 0.25) is 5.91 Å². The lowest BCUT2D eigenvalue weighted by Crippen LogP contribution is -2.11. The molecule has 0 saturated carbocycles. The highest BCUT2D eigenvalue weighted by Gasteiger charge is 2.00. The standard InChI is InChI=1S/C13H13NOS/c14-13(15)8-5-10-3-6-11(7-4-10)12-2-1-9-16-12/h1-4,6-7,9H,5,8H2,(H2,14,15). The topological polar surface area (TPSA) is 43.1 Å². The summed E-state index contributed by atoms with van der Waals surface area (Å²) in [5.74, 6) is -0.248. The fourth-order valence-corrected chi connectivity index (χ4v) is 2.28. The Balaban J connectivity index is 2.08. The predicted molar refractivity (Wildman–Crippen MR) is 67.3 cm³/mol. The number of rotatable bonds is 4. The molecule has 3 heteroatoms. The highest BCUT2D eigenvalue weighted by atomic mass is 32.1. The first-order valence-electron chi connectivity index (χ1n) is 5.17. The predicted octanol–water partition coefficient (Wildman–Crippen LogP) is 2.83. The summed E-state index contributed by atoms with van der Waals surface area (Å²) in [6.07, 6.45) is 1.14. The molecule has 0 aliphatic rings. The summed E-state index contributed by atoms with van der Waals surface area (Å²) in [5, 5.41) is 2.07. The molecule has 0 unspecified atom stereocenters. The summed E-state index contributed by atoms with van der Waals surface area (Å²) in [6, 6.07) is 12.4. The molecule has 82 valence electrons. The molecule has 0 fully saturated rings. The zero-order valence-electron chi connectivity index (χ0n) is 8.85. The van der Waals surface area contributed by atoms with Crippen LogP contribution in [0.1, 0.15) is 12.0 Å². The van der Waals surface area contributed by atoms with Crippen molar-refractivity contribution < 1.29 is 4.79 Å². The normalized spacial score (nSPS) is 10.2. The van der Waals surface area contributed by atoms with E-state index in [-0.39, 0.29) is 5.91 Å². The number of primary amides is 1. The van der Waals surface area contributed by atoms with Gasteiger partial charge in [0.15, 0.2) is 0 Å². The van der Waals surface area contributed by atoms with Gasteiger partial charge in [0.25, 0.3) is 0 Å². The molecular weight excluding hydrogens is 218 g/mol. The van der Waals surface area contributed by atoms with Crippen LogP contribution in [0, 0.1) is 0 Å². The zero-order chi connectivity index (χ0) is 11.4. The van der Waals surface area contributed by atoms with E-state index in [1.807, 2.05) is 6.07 Å². The first-order valence-corrected chi connectivity index (χ1v) is 6.05. The largest absolute Gasteiger partial charge is 0.370 e. The summed E-state index contributed by atoms with van der Waals surface area (Å²) in [7, 11) is 0. The van der Waals surface area contributed by atoms with E-state index in [9.17, 15) is 4.79 Å². The number of benzene rings is 1. The van der Waals surface area contributed by atoms with Crippen molar-refractivity contribution in [3.8, 4) is 10.4 Å². The Morgan fingerprint density at radius 2 is 1.94 bits per heavy atom. The molecule has 0 aliphatic carbocycles. The lowest BCUT2D eigenvalue weighted by atomic mass is 10.1. The second-order valence-electron chi connectivity index (χ2n) is 3.64. The van der Waals surface area contributed by atoms with Crippen molar-refractivity contribution in [3.05, 3.63) is 47.3 Å². The monoisotopic (exact) mass is 231 g/mol. The van der Waals surface area contributed by atoms with Crippen molar-refractivity contribution in [2.75, 3.05) is 0 Å². The molecular formula is C13H13NOS. The van der Waals surface area contributed by atoms with E-state index in [0.717, 1.165) is 12.0 Å². The Labute approximate surface area is 98.7 Å². The van der Waals surface area contributed by atoms with Crippen LogP contribution in [0.15, 0.2) is 41.8 Å². The van der Waals surface area contributed by atoms with E-state index in [0.29, 0.717) is 6.42 Å². The molecule has 2 rings (SSSR count). The maximum absolute atomic E-state index is 10.7. The Kier molecular flexibility index (Phi) is 3.37. The third-order valence-electron chi connectivity index (χ3n) is 2.42. The number of nitrogens with two attached hydrogens (primary N) is 1. The van der Waals surface area contributed by atoms with E-state index in [1.54, 1.807) is 11.3 Å². The molecule has 0 aliphatic heterocycles. The van der Waals surface area contributed by atoms with Gasteiger partial charge in [-0.25, -0.2) is 0 Å². The van der Waals surface area contributed by atoms with Gasteiger partial charge in [0.05, 0.1) is 0 Å². The smallest absolute Gasteiger partial charge is 0.217 e. The molecule has 1 aromatic carbocycles. The van der Waals surface area contributed by atoms with E-state index in [1.165, 1.54) is 10.4 Å². The van der Waals surface area contributed by atoms with Crippen LogP contribution in [-0.4, -0.2) is 5.91 Å². The van der Waals surface area contributed by atoms with Gasteiger partial charge < -0.3 is 5.73 Å². The highest BCUT2D eigenvalue weighted by molar-refractivity contribution is 7.13. The Morgan fingerprint density at radius 1 is 1.19 bits per heavy atom. The van der Waals surface area contributed by atoms with Gasteiger partial charge >= 0.3 is 0 Å². The molecule has 2 aromatic rings. The van der Waals surface area contributed by atoms with Crippen LogP contribution in [0.3, 0.4) is 0 Å². The summed E-state index contributed by atoms with van der Waals surface area (Å²) >= 11 is 1.73. The fraction of sp³-hybridized carbons (Fsp3) is 0.154. The quantitative estimate of drug-likeness (QED) is 0.863. The van der Waals surface area contributed by atoms with Crippen molar-refractivity contribution in [1.82, 2.24) is 0 Å². The molecule has 1 amide bonds. The Hall–Kier alpha value is -1.61. The van der Waals surface area contributed by atoms with Crippen LogP contribution >= 0.6 is 11.3 Å². The van der Waals surface area contributed by atoms with Crippen molar-refractivity contribution >= 4 is 17.2 Å². The molecule has 1 aromatic heterocycles. The van der Waals surface area contributed by atoms with E-state index < -0.39 is 0 Å². The summed E-state index contributed by atoms with van der Waals surface area (Å²) in [5.41, 5.74) is 7.48. The van der Waals surface area contributed by atoms with Crippen LogP contribution in [0.5, 0.6) is 0 Å². The fourth-order valence-electron chi connectivity index (χ4n) is 1.55. The Bertz CT molecular complexity index is 459. The number of hydrogen-bond donors (Lipinski definition) is 1. The molecule has 0 atom stereocenters. The summed E-state index contributed by atoms with van der Waals surface area (Å²) in [6.45, 7) is 0. The average Bonchev–Trinajstić information content (AvgIpc) is 2.80. The Morgan fingerprint density at radius 3 is 2.50 bits per heavy atom. The van der Waals surface area contributed by atoms with Gasteiger partial charge in [-0.1, -0.05) is 30.3 Å². The molecule has 0 radical (unpaired) electrons. The minimum absolute atomic E-state index is 0.248. The van der Waals surface area contributed by atoms with Crippen LogP contribution in [-0.2, 0) is 11.2 Å². The molecule has 16 heavy (non-hydrogen) atoms. The number of carbonyl (C=O) groups excluding carboxylic acids is 1. The van der Waals surface area contributed by atoms with Gasteiger partial charge in [0, 0.05) is 11.3 Å². The lowest BCUT2D eigenvalue weighted by molar-refractivity contribution is -0.117. The number of thiophene rings is 1. The average molecular weight is 231 g/mol. The number of hydrogen-bond acceptors (Lipinski definition) is 2. The number of aryl methyl sites for hydroxylation is 1. The molecule has 1 heterocycles. The maximum Gasteiger partial charge on any atom is 0.217 e. The number of carbonyl (C=O) groups is 1. The van der Waals surface area contributed by atoms with Gasteiger partial charge in [-0.05, 0) is 29.0 Å². The first-order chi connectivity index (χ1) is 7.75. The van der Waals surface area contributed by atoms with Crippen LogP contribution in [0.25, 0.3) is 10.4 Å². The van der Waals surface area contributed by atoms with Gasteiger partial charge in [-0.3, -0.25) is 4.79 Å². The van der Waals surface area contributed by atoms with Gasteiger partial charge in [-0.2, -0.15) is 0 Å². The van der Waals surface area contributed by atoms with Crippen LogP contribution < -0.4 is 5.73 Å². The second kappa shape index (κ2) is 4.94. The maximum atomic E-state index is 10.7. The zero-order valence-corrected chi connectivity index (χ0v) is 9.67. The lowest BCUT2D eigenvalue weighted by Gasteiger charge is -2.01. The third-order valence-corrected chi connectivity index (χ3v) is 3.34. The third kappa shape index (κ3) is 2.70. The molecule has 0 spiro atoms. The van der Waals surface area contributed by atoms with Crippen molar-refractivity contribution in [3.63, 3.8) is 0 Å². The molecule has 2 N–H and O–H groups in total. The van der Waals surface area contributed by atoms with Gasteiger partial charge in [0.1, 0.15) is 0 Å². The molecule has 0 bridgehead atoms. The molecule has 2 nitrogen and oxygen atoms in total. The minimum Gasteiger partial charge on any atom is -0.370 e. The summed E-state index contributed by atoms with van der Waals surface area (Å²) < 4.78 is 0. The number of amides is 1. The van der Waals surface area contributed by atoms with Crippen molar-refractivity contribution in [2.24, 2.45) is 5.73 Å². The van der Waals surface area contributed by atoms with Crippen LogP contribution in [0.2, 0.25) is 0 Å². The van der Waals surface area contributed by atoms with Gasteiger partial charge in [-0.15, -0.1) is 11.3 Å². The SMILES string of the molecule is NC(=O)CCc1ccc(-c2cccs2)cc1.